The van der Waals surface area contributed by atoms with Crippen molar-refractivity contribution in [3.8, 4) is 5.75 Å². The number of rotatable bonds is 1. The summed E-state index contributed by atoms with van der Waals surface area (Å²) in [5, 5.41) is 1.45. The zero-order valence-corrected chi connectivity index (χ0v) is 10.4. The Kier molecular flexibility index (Phi) is 5.76. The Bertz CT molecular complexity index is 415. The van der Waals surface area contributed by atoms with Crippen LogP contribution in [0.5, 0.6) is 5.75 Å². The van der Waals surface area contributed by atoms with Crippen LogP contribution in [0, 0.1) is 0 Å². The lowest BCUT2D eigenvalue weighted by Gasteiger charge is -1.98. The fraction of sp³-hybridized carbons (Fsp3) is 0.0769. The third-order valence-corrected chi connectivity index (χ3v) is 2.35. The van der Waals surface area contributed by atoms with Gasteiger partial charge in [0.25, 0.3) is 0 Å². The average Bonchev–Trinajstić information content (AvgIpc) is 2.31. The third kappa shape index (κ3) is 4.56. The lowest BCUT2D eigenvalue weighted by molar-refractivity contribution is 0.415. The second kappa shape index (κ2) is 7.15. The van der Waals surface area contributed by atoms with Crippen LogP contribution in [-0.2, 0) is 0 Å². The van der Waals surface area contributed by atoms with Gasteiger partial charge >= 0.3 is 0 Å². The minimum atomic E-state index is 0.653. The van der Waals surface area contributed by atoms with Crippen molar-refractivity contribution in [1.29, 1.82) is 0 Å². The van der Waals surface area contributed by atoms with E-state index in [-0.39, 0.29) is 0 Å². The van der Waals surface area contributed by atoms with Crippen molar-refractivity contribution >= 4 is 23.2 Å². The van der Waals surface area contributed by atoms with Crippen molar-refractivity contribution < 1.29 is 4.74 Å². The molecule has 0 bridgehead atoms. The van der Waals surface area contributed by atoms with Gasteiger partial charge < -0.3 is 4.74 Å². The second-order valence-electron chi connectivity index (χ2n) is 2.93. The van der Waals surface area contributed by atoms with Crippen LogP contribution < -0.4 is 4.74 Å². The van der Waals surface area contributed by atoms with Gasteiger partial charge in [0.2, 0.25) is 0 Å². The zero-order valence-electron chi connectivity index (χ0n) is 8.86. The number of hydrogen-bond donors (Lipinski definition) is 0. The molecule has 0 aliphatic heterocycles. The number of methoxy groups -OCH3 is 1. The van der Waals surface area contributed by atoms with Crippen molar-refractivity contribution in [2.75, 3.05) is 7.11 Å². The van der Waals surface area contributed by atoms with Crippen LogP contribution in [0.4, 0.5) is 0 Å². The Morgan fingerprint density at radius 1 is 0.812 bits per heavy atom. The average molecular weight is 255 g/mol. The highest BCUT2D eigenvalue weighted by Gasteiger charge is 1.93. The first kappa shape index (κ1) is 12.9. The molecule has 0 spiro atoms. The summed E-state index contributed by atoms with van der Waals surface area (Å²) in [5.74, 6) is 0.721. The molecule has 0 atom stereocenters. The molecule has 2 rings (SSSR count). The van der Waals surface area contributed by atoms with Gasteiger partial charge in [-0.1, -0.05) is 53.5 Å². The van der Waals surface area contributed by atoms with Crippen molar-refractivity contribution in [1.82, 2.24) is 0 Å². The summed E-state index contributed by atoms with van der Waals surface area (Å²) in [7, 11) is 1.60. The third-order valence-electron chi connectivity index (χ3n) is 1.79. The number of hydrogen-bond acceptors (Lipinski definition) is 1. The molecular weight excluding hydrogens is 243 g/mol. The van der Waals surface area contributed by atoms with E-state index >= 15 is 0 Å². The van der Waals surface area contributed by atoms with E-state index in [1.165, 1.54) is 0 Å². The summed E-state index contributed by atoms with van der Waals surface area (Å²) in [6.45, 7) is 0. The van der Waals surface area contributed by atoms with Crippen molar-refractivity contribution in [3.05, 3.63) is 64.6 Å². The lowest BCUT2D eigenvalue weighted by atomic mass is 10.3. The Morgan fingerprint density at radius 3 is 1.75 bits per heavy atom. The topological polar surface area (TPSA) is 9.23 Å². The van der Waals surface area contributed by atoms with Crippen LogP contribution in [0.25, 0.3) is 0 Å². The van der Waals surface area contributed by atoms with Crippen LogP contribution >= 0.6 is 23.2 Å². The number of ether oxygens (including phenoxy) is 1. The van der Waals surface area contributed by atoms with Crippen LogP contribution in [-0.4, -0.2) is 7.11 Å². The molecule has 0 aromatic heterocycles. The van der Waals surface area contributed by atoms with Gasteiger partial charge in [0, 0.05) is 5.02 Å². The Morgan fingerprint density at radius 2 is 1.38 bits per heavy atom. The molecule has 0 unspecified atom stereocenters. The molecule has 2 aromatic rings. The van der Waals surface area contributed by atoms with E-state index in [0.717, 1.165) is 10.8 Å². The fourth-order valence-corrected chi connectivity index (χ4v) is 1.38. The van der Waals surface area contributed by atoms with Gasteiger partial charge in [-0.05, 0) is 24.3 Å². The molecule has 0 heterocycles. The summed E-state index contributed by atoms with van der Waals surface area (Å²) in [5.41, 5.74) is 0. The van der Waals surface area contributed by atoms with Gasteiger partial charge in [0.15, 0.2) is 0 Å². The first-order valence-corrected chi connectivity index (χ1v) is 5.48. The predicted octanol–water partition coefficient (Wildman–Crippen LogP) is 4.69. The highest BCUT2D eigenvalue weighted by Crippen LogP contribution is 2.21. The normalized spacial score (nSPS) is 8.94. The fourth-order valence-electron chi connectivity index (χ4n) is 1.02. The van der Waals surface area contributed by atoms with Crippen molar-refractivity contribution in [2.45, 2.75) is 0 Å². The van der Waals surface area contributed by atoms with Crippen LogP contribution in [0.15, 0.2) is 54.6 Å². The highest BCUT2D eigenvalue weighted by atomic mass is 35.5. The minimum Gasteiger partial charge on any atom is -0.495 e. The van der Waals surface area contributed by atoms with Gasteiger partial charge in [0.1, 0.15) is 5.75 Å². The molecule has 2 aromatic carbocycles. The summed E-state index contributed by atoms with van der Waals surface area (Å²) in [4.78, 5) is 0. The molecule has 1 nitrogen and oxygen atoms in total. The molecule has 0 amide bonds. The lowest BCUT2D eigenvalue weighted by Crippen LogP contribution is -1.81. The first-order chi connectivity index (χ1) is 7.74. The summed E-state index contributed by atoms with van der Waals surface area (Å²) in [6.07, 6.45) is 0. The molecule has 0 radical (unpaired) electrons. The Hall–Kier alpha value is -1.18. The molecule has 0 fully saturated rings. The maximum Gasteiger partial charge on any atom is 0.137 e. The largest absolute Gasteiger partial charge is 0.495 e. The maximum atomic E-state index is 5.70. The highest BCUT2D eigenvalue weighted by molar-refractivity contribution is 6.32. The van der Waals surface area contributed by atoms with E-state index in [1.54, 1.807) is 13.2 Å². The number of halogens is 2. The van der Waals surface area contributed by atoms with Gasteiger partial charge in [-0.3, -0.25) is 0 Å². The molecule has 0 aliphatic carbocycles. The van der Waals surface area contributed by atoms with Crippen LogP contribution in [0.3, 0.4) is 0 Å². The van der Waals surface area contributed by atoms with Gasteiger partial charge in [-0.15, -0.1) is 0 Å². The maximum absolute atomic E-state index is 5.70. The Labute approximate surface area is 106 Å². The molecular formula is C13H12Cl2O. The molecule has 3 heteroatoms. The quantitative estimate of drug-likeness (QED) is 0.718. The minimum absolute atomic E-state index is 0.653. The summed E-state index contributed by atoms with van der Waals surface area (Å²) in [6, 6.07) is 16.8. The molecule has 0 aliphatic rings. The van der Waals surface area contributed by atoms with Gasteiger partial charge in [-0.25, -0.2) is 0 Å². The van der Waals surface area contributed by atoms with Crippen LogP contribution in [0.1, 0.15) is 0 Å². The van der Waals surface area contributed by atoms with E-state index in [4.69, 9.17) is 27.9 Å². The second-order valence-corrected chi connectivity index (χ2v) is 3.77. The van der Waals surface area contributed by atoms with E-state index in [0.29, 0.717) is 5.02 Å². The summed E-state index contributed by atoms with van der Waals surface area (Å²) < 4.78 is 4.91. The van der Waals surface area contributed by atoms with E-state index in [9.17, 15) is 0 Å². The summed E-state index contributed by atoms with van der Waals surface area (Å²) >= 11 is 11.2. The van der Waals surface area contributed by atoms with E-state index in [2.05, 4.69) is 0 Å². The molecule has 16 heavy (non-hydrogen) atoms. The van der Waals surface area contributed by atoms with Crippen LogP contribution in [0.2, 0.25) is 10.0 Å². The van der Waals surface area contributed by atoms with E-state index in [1.807, 2.05) is 48.5 Å². The van der Waals surface area contributed by atoms with Crippen molar-refractivity contribution in [2.24, 2.45) is 0 Å². The Balaban J connectivity index is 0.000000165. The smallest absolute Gasteiger partial charge is 0.137 e. The molecule has 0 saturated carbocycles. The predicted molar refractivity (Wildman–Crippen MR) is 69.5 cm³/mol. The first-order valence-electron chi connectivity index (χ1n) is 4.73. The van der Waals surface area contributed by atoms with Gasteiger partial charge in [0.05, 0.1) is 12.1 Å². The number of para-hydroxylation sites is 1. The SMILES string of the molecule is COc1ccccc1Cl.Clc1ccccc1. The number of benzene rings is 2. The molecule has 0 N–H and O–H groups in total. The zero-order chi connectivity index (χ0) is 11.8. The molecule has 84 valence electrons. The van der Waals surface area contributed by atoms with Gasteiger partial charge in [-0.2, -0.15) is 0 Å². The van der Waals surface area contributed by atoms with Crippen molar-refractivity contribution in [3.63, 3.8) is 0 Å². The standard InChI is InChI=1S/C7H7ClO.C6H5Cl/c1-9-7-5-3-2-4-6(7)8;7-6-4-2-1-3-5-6/h2-5H,1H3;1-5H. The monoisotopic (exact) mass is 254 g/mol. The molecule has 0 saturated heterocycles. The van der Waals surface area contributed by atoms with E-state index < -0.39 is 0 Å².